The summed E-state index contributed by atoms with van der Waals surface area (Å²) in [5, 5.41) is 23.0. The van der Waals surface area contributed by atoms with Crippen LogP contribution in [0.2, 0.25) is 0 Å². The molecule has 4 nitrogen and oxygen atoms in total. The van der Waals surface area contributed by atoms with Gasteiger partial charge in [-0.3, -0.25) is 4.79 Å². The van der Waals surface area contributed by atoms with Gasteiger partial charge >= 0.3 is 0 Å². The molecule has 3 N–H and O–H groups in total. The minimum Gasteiger partial charge on any atom is -0.394 e. The van der Waals surface area contributed by atoms with E-state index in [2.05, 4.69) is 43.5 Å². The summed E-state index contributed by atoms with van der Waals surface area (Å²) in [7, 11) is 0. The van der Waals surface area contributed by atoms with Crippen molar-refractivity contribution in [3.05, 3.63) is 36.5 Å². The Morgan fingerprint density at radius 2 is 0.820 bits per heavy atom. The molecule has 2 atom stereocenters. The number of rotatable bonds is 40. The van der Waals surface area contributed by atoms with Crippen LogP contribution >= 0.6 is 0 Å². The molecule has 2 unspecified atom stereocenters. The van der Waals surface area contributed by atoms with Gasteiger partial charge < -0.3 is 15.5 Å². The molecule has 0 rings (SSSR count). The maximum atomic E-state index is 12.4. The molecular weight excluding hydrogens is 615 g/mol. The summed E-state index contributed by atoms with van der Waals surface area (Å²) >= 11 is 0. The van der Waals surface area contributed by atoms with Crippen LogP contribution in [0.4, 0.5) is 0 Å². The average molecular weight is 702 g/mol. The van der Waals surface area contributed by atoms with Crippen molar-refractivity contribution in [1.82, 2.24) is 5.32 Å². The normalized spacial score (nSPS) is 13.3. The second-order valence-corrected chi connectivity index (χ2v) is 15.1. The van der Waals surface area contributed by atoms with Crippen molar-refractivity contribution in [2.45, 2.75) is 244 Å². The van der Waals surface area contributed by atoms with E-state index in [9.17, 15) is 15.0 Å². The molecule has 0 aliphatic carbocycles. The van der Waals surface area contributed by atoms with E-state index in [-0.39, 0.29) is 12.5 Å². The molecule has 0 aromatic heterocycles. The van der Waals surface area contributed by atoms with Gasteiger partial charge in [-0.25, -0.2) is 0 Å². The van der Waals surface area contributed by atoms with Crippen LogP contribution < -0.4 is 5.32 Å². The Balaban J connectivity index is 3.57. The van der Waals surface area contributed by atoms with Crippen LogP contribution in [0, 0.1) is 0 Å². The topological polar surface area (TPSA) is 69.6 Å². The summed E-state index contributed by atoms with van der Waals surface area (Å²) < 4.78 is 0. The lowest BCUT2D eigenvalue weighted by Crippen LogP contribution is -2.45. The third kappa shape index (κ3) is 37.9. The first-order valence-corrected chi connectivity index (χ1v) is 22.2. The summed E-state index contributed by atoms with van der Waals surface area (Å²) in [5.41, 5.74) is 0. The molecule has 0 aliphatic rings. The molecular formula is C46H87NO3. The molecule has 0 heterocycles. The molecule has 294 valence electrons. The number of hydrogen-bond acceptors (Lipinski definition) is 3. The van der Waals surface area contributed by atoms with Gasteiger partial charge in [0.25, 0.3) is 0 Å². The number of unbranched alkanes of at least 4 members (excludes halogenated alkanes) is 29. The fraction of sp³-hybridized carbons (Fsp3) is 0.848. The fourth-order valence-electron chi connectivity index (χ4n) is 6.68. The van der Waals surface area contributed by atoms with E-state index in [1.807, 2.05) is 6.08 Å². The minimum atomic E-state index is -0.844. The maximum absolute atomic E-state index is 12.4. The number of aliphatic hydroxyl groups is 2. The van der Waals surface area contributed by atoms with Crippen molar-refractivity contribution in [3.8, 4) is 0 Å². The van der Waals surface area contributed by atoms with E-state index in [0.717, 1.165) is 44.9 Å². The SMILES string of the molecule is CCCCCC/C=C\C/C=C\CCCCCCCC(=O)NC(CO)C(O)/C=C/CCCCCCCCCCCCCCCCCCCCCC. The summed E-state index contributed by atoms with van der Waals surface area (Å²) in [6.45, 7) is 4.29. The standard InChI is InChI=1S/C46H87NO3/c1-3-5-7-9-11-13-15-17-19-21-22-23-24-25-26-27-29-31-33-35-37-39-41-45(49)44(43-48)47-46(50)42-40-38-36-34-32-30-28-20-18-16-14-12-10-8-6-4-2/h14,16,20,28,39,41,44-45,48-49H,3-13,15,17-19,21-27,29-38,40,42-43H2,1-2H3,(H,47,50)/b16-14-,28-20-,41-39+. The highest BCUT2D eigenvalue weighted by atomic mass is 16.3. The van der Waals surface area contributed by atoms with Crippen molar-refractivity contribution in [2.24, 2.45) is 0 Å². The number of aliphatic hydroxyl groups excluding tert-OH is 2. The van der Waals surface area contributed by atoms with Gasteiger partial charge in [-0.15, -0.1) is 0 Å². The molecule has 50 heavy (non-hydrogen) atoms. The zero-order chi connectivity index (χ0) is 36.4. The molecule has 0 saturated carbocycles. The third-order valence-electron chi connectivity index (χ3n) is 10.1. The number of allylic oxidation sites excluding steroid dienone is 5. The number of carbonyl (C=O) groups is 1. The van der Waals surface area contributed by atoms with Gasteiger partial charge in [0.2, 0.25) is 5.91 Å². The minimum absolute atomic E-state index is 0.0769. The van der Waals surface area contributed by atoms with Gasteiger partial charge in [0, 0.05) is 6.42 Å². The van der Waals surface area contributed by atoms with Crippen LogP contribution in [-0.2, 0) is 4.79 Å². The highest BCUT2D eigenvalue weighted by molar-refractivity contribution is 5.76. The predicted molar refractivity (Wildman–Crippen MR) is 221 cm³/mol. The molecule has 0 radical (unpaired) electrons. The molecule has 0 bridgehead atoms. The van der Waals surface area contributed by atoms with Crippen molar-refractivity contribution in [1.29, 1.82) is 0 Å². The molecule has 0 spiro atoms. The van der Waals surface area contributed by atoms with E-state index >= 15 is 0 Å². The van der Waals surface area contributed by atoms with Crippen molar-refractivity contribution in [3.63, 3.8) is 0 Å². The second kappa shape index (κ2) is 42.0. The van der Waals surface area contributed by atoms with E-state index in [1.54, 1.807) is 6.08 Å². The van der Waals surface area contributed by atoms with E-state index in [4.69, 9.17) is 0 Å². The van der Waals surface area contributed by atoms with Crippen LogP contribution in [-0.4, -0.2) is 34.9 Å². The summed E-state index contributed by atoms with van der Waals surface area (Å²) in [5.74, 6) is -0.0769. The smallest absolute Gasteiger partial charge is 0.220 e. The van der Waals surface area contributed by atoms with Gasteiger partial charge in [-0.1, -0.05) is 211 Å². The molecule has 0 aromatic carbocycles. The Bertz CT molecular complexity index is 760. The maximum Gasteiger partial charge on any atom is 0.220 e. The average Bonchev–Trinajstić information content (AvgIpc) is 3.12. The Morgan fingerprint density at radius 3 is 1.22 bits per heavy atom. The second-order valence-electron chi connectivity index (χ2n) is 15.1. The fourth-order valence-corrected chi connectivity index (χ4v) is 6.68. The highest BCUT2D eigenvalue weighted by Crippen LogP contribution is 2.15. The lowest BCUT2D eigenvalue weighted by atomic mass is 10.0. The molecule has 0 saturated heterocycles. The molecule has 0 aromatic rings. The van der Waals surface area contributed by atoms with Gasteiger partial charge in [0.15, 0.2) is 0 Å². The van der Waals surface area contributed by atoms with E-state index in [0.29, 0.717) is 6.42 Å². The highest BCUT2D eigenvalue weighted by Gasteiger charge is 2.17. The molecule has 0 aliphatic heterocycles. The Morgan fingerprint density at radius 1 is 0.480 bits per heavy atom. The zero-order valence-electron chi connectivity index (χ0n) is 33.7. The van der Waals surface area contributed by atoms with E-state index < -0.39 is 12.1 Å². The van der Waals surface area contributed by atoms with Crippen LogP contribution in [0.15, 0.2) is 36.5 Å². The first kappa shape index (κ1) is 48.6. The third-order valence-corrected chi connectivity index (χ3v) is 10.1. The van der Waals surface area contributed by atoms with E-state index in [1.165, 1.54) is 167 Å². The van der Waals surface area contributed by atoms with Gasteiger partial charge in [0.1, 0.15) is 0 Å². The molecule has 4 heteroatoms. The Kier molecular flexibility index (Phi) is 40.9. The first-order chi connectivity index (χ1) is 24.7. The molecule has 0 fully saturated rings. The number of nitrogens with one attached hydrogen (secondary N) is 1. The zero-order valence-corrected chi connectivity index (χ0v) is 33.7. The van der Waals surface area contributed by atoms with Crippen molar-refractivity contribution in [2.75, 3.05) is 6.61 Å². The lowest BCUT2D eigenvalue weighted by molar-refractivity contribution is -0.123. The summed E-state index contributed by atoms with van der Waals surface area (Å²) in [6.07, 6.45) is 55.4. The van der Waals surface area contributed by atoms with Crippen molar-refractivity contribution >= 4 is 5.91 Å². The Hall–Kier alpha value is -1.39. The predicted octanol–water partition coefficient (Wildman–Crippen LogP) is 13.8. The van der Waals surface area contributed by atoms with Gasteiger partial charge in [-0.2, -0.15) is 0 Å². The number of hydrogen-bond donors (Lipinski definition) is 3. The van der Waals surface area contributed by atoms with Gasteiger partial charge in [0.05, 0.1) is 18.8 Å². The van der Waals surface area contributed by atoms with Crippen molar-refractivity contribution < 1.29 is 15.0 Å². The summed E-state index contributed by atoms with van der Waals surface area (Å²) in [4.78, 5) is 12.4. The largest absolute Gasteiger partial charge is 0.394 e. The van der Waals surface area contributed by atoms with Crippen LogP contribution in [0.5, 0.6) is 0 Å². The molecule has 1 amide bonds. The monoisotopic (exact) mass is 702 g/mol. The Labute approximate surface area is 312 Å². The first-order valence-electron chi connectivity index (χ1n) is 22.2. The van der Waals surface area contributed by atoms with Crippen LogP contribution in [0.1, 0.15) is 232 Å². The number of carbonyl (C=O) groups excluding carboxylic acids is 1. The summed E-state index contributed by atoms with van der Waals surface area (Å²) in [6, 6.07) is -0.628. The lowest BCUT2D eigenvalue weighted by Gasteiger charge is -2.20. The van der Waals surface area contributed by atoms with Crippen LogP contribution in [0.25, 0.3) is 0 Å². The number of amides is 1. The van der Waals surface area contributed by atoms with Gasteiger partial charge in [-0.05, 0) is 51.4 Å². The van der Waals surface area contributed by atoms with Crippen LogP contribution in [0.3, 0.4) is 0 Å². The quantitative estimate of drug-likeness (QED) is 0.0440.